The molecule has 1 heterocycles. The molecule has 0 saturated carbocycles. The van der Waals surface area contributed by atoms with Crippen LogP contribution in [0, 0.1) is 0 Å². The number of nitrogens with two attached hydrogens (primary N) is 1. The van der Waals surface area contributed by atoms with Crippen molar-refractivity contribution in [1.82, 2.24) is 15.2 Å². The van der Waals surface area contributed by atoms with Gasteiger partial charge in [-0.1, -0.05) is 0 Å². The summed E-state index contributed by atoms with van der Waals surface area (Å²) >= 11 is 0. The summed E-state index contributed by atoms with van der Waals surface area (Å²) in [6.07, 6.45) is 1.59. The molecular weight excluding hydrogens is 194 g/mol. The minimum atomic E-state index is 0.217. The molecule has 6 heteroatoms. The van der Waals surface area contributed by atoms with Crippen molar-refractivity contribution >= 4 is 18.1 Å². The third-order valence-corrected chi connectivity index (χ3v) is 1.71. The number of rotatable bonds is 2. The van der Waals surface area contributed by atoms with E-state index in [1.165, 1.54) is 0 Å². The lowest BCUT2D eigenvalue weighted by Gasteiger charge is -1.91. The van der Waals surface area contributed by atoms with E-state index < -0.39 is 0 Å². The lowest BCUT2D eigenvalue weighted by atomic mass is 10.2. The van der Waals surface area contributed by atoms with Crippen LogP contribution in [0.5, 0.6) is 5.75 Å². The van der Waals surface area contributed by atoms with Gasteiger partial charge in [-0.05, 0) is 29.8 Å². The molecule has 0 saturated heterocycles. The number of hydrogen-bond acceptors (Lipinski definition) is 5. The molecule has 15 heavy (non-hydrogen) atoms. The number of aromatic hydroxyl groups is 1. The number of aliphatic imine (C=N–C) groups is 1. The minimum absolute atomic E-state index is 0.217. The predicted molar refractivity (Wildman–Crippen MR) is 56.2 cm³/mol. The Morgan fingerprint density at radius 1 is 1.33 bits per heavy atom. The first-order valence-corrected chi connectivity index (χ1v) is 4.25. The molecule has 0 bridgehead atoms. The Kier molecular flexibility index (Phi) is 2.32. The number of phenolic OH excluding ortho intramolecular Hbond substituents is 1. The summed E-state index contributed by atoms with van der Waals surface area (Å²) in [6, 6.07) is 6.62. The Bertz CT molecular complexity index is 474. The second kappa shape index (κ2) is 3.79. The van der Waals surface area contributed by atoms with Gasteiger partial charge in [0.1, 0.15) is 5.75 Å². The molecule has 0 aliphatic heterocycles. The van der Waals surface area contributed by atoms with Gasteiger partial charge in [-0.3, -0.25) is 0 Å². The van der Waals surface area contributed by atoms with Crippen LogP contribution in [0.3, 0.4) is 0 Å². The van der Waals surface area contributed by atoms with E-state index in [1.54, 1.807) is 30.5 Å². The van der Waals surface area contributed by atoms with Crippen LogP contribution < -0.4 is 5.73 Å². The number of H-pyrrole nitrogens is 1. The summed E-state index contributed by atoms with van der Waals surface area (Å²) in [5, 5.41) is 15.3. The van der Waals surface area contributed by atoms with Crippen molar-refractivity contribution < 1.29 is 5.11 Å². The van der Waals surface area contributed by atoms with Gasteiger partial charge in [-0.15, -0.1) is 5.10 Å². The summed E-state index contributed by atoms with van der Waals surface area (Å²) in [5.74, 6) is 0.725. The van der Waals surface area contributed by atoms with Gasteiger partial charge in [-0.2, -0.15) is 4.98 Å². The largest absolute Gasteiger partial charge is 0.508 e. The number of benzene rings is 1. The fraction of sp³-hybridized carbons (Fsp3) is 0. The number of nitrogens with one attached hydrogen (secondary N) is 1. The van der Waals surface area contributed by atoms with Crippen LogP contribution in [-0.2, 0) is 0 Å². The normalized spacial score (nSPS) is 10.9. The molecule has 6 nitrogen and oxygen atoms in total. The summed E-state index contributed by atoms with van der Waals surface area (Å²) in [5.41, 5.74) is 6.17. The summed E-state index contributed by atoms with van der Waals surface area (Å²) in [6.45, 7) is 0. The molecular formula is C9H9N5O. The number of nitrogens with zero attached hydrogens (tertiary/aromatic N) is 3. The van der Waals surface area contributed by atoms with E-state index in [2.05, 4.69) is 20.2 Å². The Labute approximate surface area is 85.5 Å². The fourth-order valence-electron chi connectivity index (χ4n) is 1.02. The smallest absolute Gasteiger partial charge is 0.269 e. The molecule has 0 aliphatic rings. The zero-order valence-electron chi connectivity index (χ0n) is 7.75. The Morgan fingerprint density at radius 2 is 2.07 bits per heavy atom. The van der Waals surface area contributed by atoms with Crippen molar-refractivity contribution in [3.05, 3.63) is 29.8 Å². The number of phenols is 1. The van der Waals surface area contributed by atoms with Crippen molar-refractivity contribution in [3.8, 4) is 5.75 Å². The Balaban J connectivity index is 2.14. The maximum atomic E-state index is 9.05. The van der Waals surface area contributed by atoms with Crippen molar-refractivity contribution in [2.24, 2.45) is 4.99 Å². The number of aromatic nitrogens is 3. The van der Waals surface area contributed by atoms with Crippen LogP contribution in [0.25, 0.3) is 0 Å². The van der Waals surface area contributed by atoms with Gasteiger partial charge in [0.15, 0.2) is 0 Å². The molecule has 0 radical (unpaired) electrons. The van der Waals surface area contributed by atoms with Gasteiger partial charge >= 0.3 is 0 Å². The van der Waals surface area contributed by atoms with Crippen molar-refractivity contribution in [2.45, 2.75) is 0 Å². The third kappa shape index (κ3) is 2.31. The van der Waals surface area contributed by atoms with Gasteiger partial charge < -0.3 is 10.8 Å². The van der Waals surface area contributed by atoms with Crippen LogP contribution in [0.1, 0.15) is 5.56 Å². The van der Waals surface area contributed by atoms with Gasteiger partial charge in [0.05, 0.1) is 0 Å². The highest BCUT2D eigenvalue weighted by atomic mass is 16.3. The molecule has 1 aromatic carbocycles. The first kappa shape index (κ1) is 9.20. The molecule has 0 fully saturated rings. The van der Waals surface area contributed by atoms with E-state index in [4.69, 9.17) is 10.8 Å². The Hall–Kier alpha value is -2.37. The monoisotopic (exact) mass is 203 g/mol. The fourth-order valence-corrected chi connectivity index (χ4v) is 1.02. The summed E-state index contributed by atoms with van der Waals surface area (Å²) < 4.78 is 0. The molecule has 0 atom stereocenters. The molecule has 2 rings (SSSR count). The molecule has 2 aromatic rings. The number of aromatic amines is 1. The number of hydrogen-bond donors (Lipinski definition) is 3. The minimum Gasteiger partial charge on any atom is -0.508 e. The standard InChI is InChI=1S/C9H9N5O/c10-8-12-9(14-13-8)11-5-6-1-3-7(15)4-2-6/h1-5,15H,(H3,10,12,13,14)/b11-5+. The van der Waals surface area contributed by atoms with Crippen LogP contribution in [0.15, 0.2) is 29.3 Å². The third-order valence-electron chi connectivity index (χ3n) is 1.71. The first-order valence-electron chi connectivity index (χ1n) is 4.25. The van der Waals surface area contributed by atoms with Crippen LogP contribution in [0.2, 0.25) is 0 Å². The topological polar surface area (TPSA) is 100 Å². The SMILES string of the molecule is Nc1nc(/N=C/c2ccc(O)cc2)n[nH]1. The average Bonchev–Trinajstić information content (AvgIpc) is 2.64. The molecule has 0 spiro atoms. The van der Waals surface area contributed by atoms with E-state index in [1.807, 2.05) is 0 Å². The average molecular weight is 203 g/mol. The highest BCUT2D eigenvalue weighted by molar-refractivity contribution is 5.81. The summed E-state index contributed by atoms with van der Waals surface area (Å²) in [7, 11) is 0. The van der Waals surface area contributed by atoms with Gasteiger partial charge in [0.25, 0.3) is 5.95 Å². The maximum Gasteiger partial charge on any atom is 0.269 e. The molecule has 0 amide bonds. The van der Waals surface area contributed by atoms with Gasteiger partial charge in [0.2, 0.25) is 5.95 Å². The Morgan fingerprint density at radius 3 is 2.67 bits per heavy atom. The predicted octanol–water partition coefficient (Wildman–Crippen LogP) is 0.843. The molecule has 76 valence electrons. The van der Waals surface area contributed by atoms with Gasteiger partial charge in [0, 0.05) is 6.21 Å². The zero-order chi connectivity index (χ0) is 10.7. The van der Waals surface area contributed by atoms with Crippen LogP contribution in [-0.4, -0.2) is 26.5 Å². The van der Waals surface area contributed by atoms with E-state index in [-0.39, 0.29) is 17.6 Å². The second-order valence-corrected chi connectivity index (χ2v) is 2.87. The van der Waals surface area contributed by atoms with Crippen LogP contribution in [0.4, 0.5) is 11.9 Å². The summed E-state index contributed by atoms with van der Waals surface area (Å²) in [4.78, 5) is 7.79. The molecule has 4 N–H and O–H groups in total. The maximum absolute atomic E-state index is 9.05. The van der Waals surface area contributed by atoms with E-state index in [9.17, 15) is 0 Å². The van der Waals surface area contributed by atoms with E-state index in [0.29, 0.717) is 0 Å². The lowest BCUT2D eigenvalue weighted by Crippen LogP contribution is -1.84. The molecule has 1 aromatic heterocycles. The number of nitrogen functional groups attached to an aromatic ring is 1. The van der Waals surface area contributed by atoms with Crippen molar-refractivity contribution in [1.29, 1.82) is 0 Å². The lowest BCUT2D eigenvalue weighted by molar-refractivity contribution is 0.475. The van der Waals surface area contributed by atoms with Crippen LogP contribution >= 0.6 is 0 Å². The van der Waals surface area contributed by atoms with Crippen molar-refractivity contribution in [3.63, 3.8) is 0 Å². The highest BCUT2D eigenvalue weighted by Crippen LogP contribution is 2.09. The molecule has 0 aliphatic carbocycles. The van der Waals surface area contributed by atoms with E-state index >= 15 is 0 Å². The highest BCUT2D eigenvalue weighted by Gasteiger charge is 1.95. The first-order chi connectivity index (χ1) is 7.24. The molecule has 0 unspecified atom stereocenters. The second-order valence-electron chi connectivity index (χ2n) is 2.87. The quantitative estimate of drug-likeness (QED) is 0.629. The van der Waals surface area contributed by atoms with E-state index in [0.717, 1.165) is 5.56 Å². The van der Waals surface area contributed by atoms with Crippen molar-refractivity contribution in [2.75, 3.05) is 5.73 Å². The zero-order valence-corrected chi connectivity index (χ0v) is 7.75. The number of anilines is 1. The van der Waals surface area contributed by atoms with Gasteiger partial charge in [-0.25, -0.2) is 10.1 Å².